The predicted molar refractivity (Wildman–Crippen MR) is 72.4 cm³/mol. The van der Waals surface area contributed by atoms with E-state index >= 15 is 0 Å². The van der Waals surface area contributed by atoms with E-state index in [1.807, 2.05) is 0 Å². The van der Waals surface area contributed by atoms with Crippen LogP contribution in [-0.4, -0.2) is 21.9 Å². The van der Waals surface area contributed by atoms with Crippen molar-refractivity contribution in [3.05, 3.63) is 17.3 Å². The van der Waals surface area contributed by atoms with E-state index in [0.717, 1.165) is 12.6 Å². The number of amides is 1. The van der Waals surface area contributed by atoms with Gasteiger partial charge in [-0.15, -0.1) is 0 Å². The zero-order valence-electron chi connectivity index (χ0n) is 11.0. The Kier molecular flexibility index (Phi) is 3.41. The fourth-order valence-electron chi connectivity index (χ4n) is 3.72. The topological polar surface area (TPSA) is 105 Å². The van der Waals surface area contributed by atoms with Crippen LogP contribution in [0.5, 0.6) is 0 Å². The van der Waals surface area contributed by atoms with E-state index < -0.39 is 23.7 Å². The number of hydrogen-bond acceptors (Lipinski definition) is 5. The lowest BCUT2D eigenvalue weighted by atomic mass is 9.78. The number of hydrogen-bond donors (Lipinski definition) is 2. The number of fused-ring (bicyclic) bond motifs is 2. The van der Waals surface area contributed by atoms with Crippen molar-refractivity contribution in [1.29, 1.82) is 5.26 Å². The van der Waals surface area contributed by atoms with Gasteiger partial charge in [-0.25, -0.2) is 9.37 Å². The number of carbonyl (C=O) groups excluding carboxylic acids is 1. The Hall–Kier alpha value is -1.94. The van der Waals surface area contributed by atoms with Gasteiger partial charge in [-0.2, -0.15) is 10.2 Å². The van der Waals surface area contributed by atoms with Crippen molar-refractivity contribution in [3.63, 3.8) is 0 Å². The third-order valence-corrected chi connectivity index (χ3v) is 4.70. The highest BCUT2D eigenvalue weighted by Crippen LogP contribution is 2.52. The molecule has 21 heavy (non-hydrogen) atoms. The summed E-state index contributed by atoms with van der Waals surface area (Å²) in [4.78, 5) is 19.0. The first kappa shape index (κ1) is 14.0. The lowest BCUT2D eigenvalue weighted by molar-refractivity contribution is -0.123. The van der Waals surface area contributed by atoms with Gasteiger partial charge >= 0.3 is 0 Å². The number of anilines is 1. The molecule has 3 N–H and O–H groups in total. The molecule has 2 fully saturated rings. The second-order valence-corrected chi connectivity index (χ2v) is 5.90. The largest absolute Gasteiger partial charge is 0.369 e. The highest BCUT2D eigenvalue weighted by molar-refractivity contribution is 6.28. The molecule has 2 saturated carbocycles. The molecule has 8 heteroatoms. The van der Waals surface area contributed by atoms with Gasteiger partial charge in [0.05, 0.1) is 24.1 Å². The van der Waals surface area contributed by atoms with Crippen LogP contribution in [0.1, 0.15) is 12.8 Å². The number of nitriles is 1. The van der Waals surface area contributed by atoms with Crippen molar-refractivity contribution in [1.82, 2.24) is 9.97 Å². The van der Waals surface area contributed by atoms with E-state index in [-0.39, 0.29) is 28.9 Å². The minimum Gasteiger partial charge on any atom is -0.369 e. The lowest BCUT2D eigenvalue weighted by Crippen LogP contribution is -2.45. The molecule has 0 aromatic carbocycles. The highest BCUT2D eigenvalue weighted by Gasteiger charge is 2.55. The Morgan fingerprint density at radius 3 is 3.00 bits per heavy atom. The average Bonchev–Trinajstić information content (AvgIpc) is 3.00. The summed E-state index contributed by atoms with van der Waals surface area (Å²) in [6.45, 7) is 0. The van der Waals surface area contributed by atoms with Gasteiger partial charge in [-0.1, -0.05) is 0 Å². The molecule has 1 unspecified atom stereocenters. The summed E-state index contributed by atoms with van der Waals surface area (Å²) in [7, 11) is 0. The van der Waals surface area contributed by atoms with Gasteiger partial charge in [-0.05, 0) is 36.3 Å². The van der Waals surface area contributed by atoms with E-state index in [2.05, 4.69) is 21.4 Å². The smallest absolute Gasteiger partial charge is 0.224 e. The number of nitrogens with two attached hydrogens (primary N) is 1. The molecule has 6 nitrogen and oxygen atoms in total. The molecule has 0 radical (unpaired) electrons. The number of carbonyl (C=O) groups is 1. The van der Waals surface area contributed by atoms with Crippen LogP contribution in [0, 0.1) is 40.8 Å². The van der Waals surface area contributed by atoms with Crippen LogP contribution in [0.25, 0.3) is 0 Å². The molecular weight excluding hydrogens is 297 g/mol. The van der Waals surface area contributed by atoms with Crippen LogP contribution in [-0.2, 0) is 4.79 Å². The first-order valence-corrected chi connectivity index (χ1v) is 7.02. The molecule has 0 aliphatic heterocycles. The summed E-state index contributed by atoms with van der Waals surface area (Å²) in [6.07, 6.45) is 2.37. The number of rotatable bonds is 3. The summed E-state index contributed by atoms with van der Waals surface area (Å²) in [5.74, 6) is -1.69. The van der Waals surface area contributed by atoms with Crippen molar-refractivity contribution in [2.45, 2.75) is 18.9 Å². The van der Waals surface area contributed by atoms with Crippen molar-refractivity contribution in [2.75, 3.05) is 5.32 Å². The van der Waals surface area contributed by atoms with Crippen LogP contribution in [0.15, 0.2) is 6.20 Å². The van der Waals surface area contributed by atoms with Gasteiger partial charge in [-0.3, -0.25) is 4.79 Å². The van der Waals surface area contributed by atoms with Gasteiger partial charge in [0, 0.05) is 6.04 Å². The third-order valence-electron chi connectivity index (χ3n) is 4.52. The normalized spacial score (nSPS) is 33.7. The maximum atomic E-state index is 13.7. The lowest BCUT2D eigenvalue weighted by Gasteiger charge is -2.32. The Balaban J connectivity index is 1.90. The van der Waals surface area contributed by atoms with Crippen molar-refractivity contribution < 1.29 is 9.18 Å². The molecule has 0 spiro atoms. The van der Waals surface area contributed by atoms with Gasteiger partial charge in [0.2, 0.25) is 11.2 Å². The maximum Gasteiger partial charge on any atom is 0.224 e. The maximum absolute atomic E-state index is 13.7. The van der Waals surface area contributed by atoms with Crippen molar-refractivity contribution >= 4 is 23.3 Å². The Morgan fingerprint density at radius 2 is 2.33 bits per heavy atom. The van der Waals surface area contributed by atoms with Crippen molar-refractivity contribution in [3.8, 4) is 6.07 Å². The van der Waals surface area contributed by atoms with Crippen LogP contribution >= 0.6 is 11.6 Å². The molecule has 2 bridgehead atoms. The highest BCUT2D eigenvalue weighted by atomic mass is 35.5. The van der Waals surface area contributed by atoms with Crippen LogP contribution in [0.3, 0.4) is 0 Å². The third kappa shape index (κ3) is 2.29. The van der Waals surface area contributed by atoms with E-state index in [1.54, 1.807) is 0 Å². The second kappa shape index (κ2) is 5.11. The van der Waals surface area contributed by atoms with Gasteiger partial charge in [0.25, 0.3) is 0 Å². The van der Waals surface area contributed by atoms with Crippen LogP contribution in [0.2, 0.25) is 5.28 Å². The standard InChI is InChI=1S/C13H13ClFN5O/c14-13-18-4-8(15)12(20-13)19-10-7-2-5(1-6(7)3-16)9(10)11(17)21/h4-7,9-10H,1-2H2,(H2,17,21)(H,18,19,20)/t5-,6?,7+,9-,10+/m0/s1. The monoisotopic (exact) mass is 309 g/mol. The van der Waals surface area contributed by atoms with Crippen LogP contribution < -0.4 is 11.1 Å². The Labute approximate surface area is 125 Å². The molecule has 1 amide bonds. The van der Waals surface area contributed by atoms with Gasteiger partial charge in [0.15, 0.2) is 11.6 Å². The zero-order valence-corrected chi connectivity index (χ0v) is 11.7. The second-order valence-electron chi connectivity index (χ2n) is 5.56. The molecule has 2 aliphatic rings. The molecule has 1 heterocycles. The van der Waals surface area contributed by atoms with E-state index in [9.17, 15) is 14.4 Å². The first-order valence-electron chi connectivity index (χ1n) is 6.64. The van der Waals surface area contributed by atoms with Gasteiger partial charge in [0.1, 0.15) is 0 Å². The number of halogens is 2. The Bertz CT molecular complexity index is 633. The van der Waals surface area contributed by atoms with E-state index in [4.69, 9.17) is 17.3 Å². The quantitative estimate of drug-likeness (QED) is 0.820. The fraction of sp³-hybridized carbons (Fsp3) is 0.538. The minimum atomic E-state index is -0.654. The minimum absolute atomic E-state index is 0.0364. The predicted octanol–water partition coefficient (Wildman–Crippen LogP) is 1.33. The van der Waals surface area contributed by atoms with Crippen LogP contribution in [0.4, 0.5) is 10.2 Å². The van der Waals surface area contributed by atoms with E-state index in [1.165, 1.54) is 0 Å². The summed E-state index contributed by atoms with van der Waals surface area (Å²) in [6, 6.07) is 1.86. The van der Waals surface area contributed by atoms with Gasteiger partial charge < -0.3 is 11.1 Å². The summed E-state index contributed by atoms with van der Waals surface area (Å²) >= 11 is 5.66. The number of primary amides is 1. The number of aromatic nitrogens is 2. The molecule has 2 aliphatic carbocycles. The SMILES string of the molecule is N#CC1C[C@H]2C[C@H]1[C@@H](Nc1nc(Cl)ncc1F)[C@H]2C(N)=O. The van der Waals surface area contributed by atoms with E-state index in [0.29, 0.717) is 6.42 Å². The summed E-state index contributed by atoms with van der Waals surface area (Å²) < 4.78 is 13.7. The summed E-state index contributed by atoms with van der Waals surface area (Å²) in [5, 5.41) is 12.0. The fourth-order valence-corrected chi connectivity index (χ4v) is 3.85. The molecular formula is C13H13ClFN5O. The molecule has 1 aromatic rings. The Morgan fingerprint density at radius 1 is 1.57 bits per heavy atom. The van der Waals surface area contributed by atoms with Crippen molar-refractivity contribution in [2.24, 2.45) is 29.4 Å². The summed E-state index contributed by atoms with van der Waals surface area (Å²) in [5.41, 5.74) is 5.47. The number of nitrogens with zero attached hydrogens (tertiary/aromatic N) is 3. The molecule has 0 saturated heterocycles. The first-order chi connectivity index (χ1) is 10.0. The molecule has 5 atom stereocenters. The molecule has 3 rings (SSSR count). The average molecular weight is 310 g/mol. The molecule has 1 aromatic heterocycles. The zero-order chi connectivity index (χ0) is 15.1. The molecule has 110 valence electrons. The number of nitrogens with one attached hydrogen (secondary N) is 1.